The molecule has 2 aromatic carbocycles. The summed E-state index contributed by atoms with van der Waals surface area (Å²) in [6.45, 7) is 2.13. The first-order chi connectivity index (χ1) is 15.8. The highest BCUT2D eigenvalue weighted by atomic mass is 32.2. The number of ether oxygens (including phenoxy) is 2. The summed E-state index contributed by atoms with van der Waals surface area (Å²) < 4.78 is 43.5. The Bertz CT molecular complexity index is 1260. The van der Waals surface area contributed by atoms with Gasteiger partial charge in [0, 0.05) is 12.6 Å². The fraction of sp³-hybridized carbons (Fsp3) is 0.318. The Hall–Kier alpha value is -3.44. The second-order valence-corrected chi connectivity index (χ2v) is 9.45. The SMILES string of the molecule is COc1ccc(-c2nnc(NC(=O)C3CCCN3S(=O)(=O)c3ccc(C)cc3)o2)c(OC)c1. The molecule has 1 aliphatic heterocycles. The predicted octanol–water partition coefficient (Wildman–Crippen LogP) is 2.85. The van der Waals surface area contributed by atoms with Crippen molar-refractivity contribution < 1.29 is 27.1 Å². The molecular formula is C22H24N4O6S. The van der Waals surface area contributed by atoms with E-state index in [1.165, 1.54) is 11.4 Å². The van der Waals surface area contributed by atoms with E-state index in [9.17, 15) is 13.2 Å². The van der Waals surface area contributed by atoms with Gasteiger partial charge < -0.3 is 13.9 Å². The van der Waals surface area contributed by atoms with Crippen molar-refractivity contribution in [1.29, 1.82) is 0 Å². The lowest BCUT2D eigenvalue weighted by Crippen LogP contribution is -2.43. The third-order valence-electron chi connectivity index (χ3n) is 5.43. The zero-order valence-electron chi connectivity index (χ0n) is 18.4. The van der Waals surface area contributed by atoms with E-state index in [4.69, 9.17) is 13.9 Å². The standard InChI is InChI=1S/C22H24N4O6S/c1-14-6-9-16(10-7-14)33(28,29)26-12-4-5-18(26)20(27)23-22-25-24-21(32-22)17-11-8-15(30-2)13-19(17)31-3/h6-11,13,18H,4-5,12H2,1-3H3,(H,23,25,27). The molecule has 1 N–H and O–H groups in total. The average Bonchev–Trinajstić information content (AvgIpc) is 3.49. The summed E-state index contributed by atoms with van der Waals surface area (Å²) in [5.74, 6) is 0.669. The van der Waals surface area contributed by atoms with E-state index < -0.39 is 22.0 Å². The highest BCUT2D eigenvalue weighted by molar-refractivity contribution is 7.89. The van der Waals surface area contributed by atoms with Crippen LogP contribution in [0.5, 0.6) is 11.5 Å². The normalized spacial score (nSPS) is 16.5. The van der Waals surface area contributed by atoms with Crippen LogP contribution in [0.2, 0.25) is 0 Å². The van der Waals surface area contributed by atoms with Gasteiger partial charge in [0.25, 0.3) is 5.89 Å². The first-order valence-electron chi connectivity index (χ1n) is 10.3. The van der Waals surface area contributed by atoms with E-state index in [2.05, 4.69) is 15.5 Å². The van der Waals surface area contributed by atoms with Crippen LogP contribution < -0.4 is 14.8 Å². The maximum Gasteiger partial charge on any atom is 0.322 e. The molecule has 33 heavy (non-hydrogen) atoms. The molecular weight excluding hydrogens is 448 g/mol. The van der Waals surface area contributed by atoms with Crippen molar-refractivity contribution in [3.05, 3.63) is 48.0 Å². The lowest BCUT2D eigenvalue weighted by atomic mass is 10.2. The number of nitrogens with one attached hydrogen (secondary N) is 1. The first kappa shape index (κ1) is 22.7. The fourth-order valence-electron chi connectivity index (χ4n) is 3.68. The Kier molecular flexibility index (Phi) is 6.34. The zero-order valence-corrected chi connectivity index (χ0v) is 19.3. The smallest absolute Gasteiger partial charge is 0.322 e. The van der Waals surface area contributed by atoms with Crippen molar-refractivity contribution in [3.63, 3.8) is 0 Å². The van der Waals surface area contributed by atoms with E-state index in [0.29, 0.717) is 29.9 Å². The van der Waals surface area contributed by atoms with Gasteiger partial charge in [-0.05, 0) is 44.0 Å². The molecule has 11 heteroatoms. The van der Waals surface area contributed by atoms with Gasteiger partial charge in [0.05, 0.1) is 24.7 Å². The number of hydrogen-bond acceptors (Lipinski definition) is 8. The summed E-state index contributed by atoms with van der Waals surface area (Å²) in [7, 11) is -0.776. The lowest BCUT2D eigenvalue weighted by Gasteiger charge is -2.22. The molecule has 4 rings (SSSR count). The van der Waals surface area contributed by atoms with Crippen molar-refractivity contribution in [2.75, 3.05) is 26.1 Å². The van der Waals surface area contributed by atoms with E-state index in [0.717, 1.165) is 5.56 Å². The zero-order chi connectivity index (χ0) is 23.6. The second kappa shape index (κ2) is 9.20. The minimum atomic E-state index is -3.82. The maximum atomic E-state index is 13.1. The van der Waals surface area contributed by atoms with Crippen LogP contribution in [0.25, 0.3) is 11.5 Å². The van der Waals surface area contributed by atoms with Crippen molar-refractivity contribution in [2.24, 2.45) is 0 Å². The summed E-state index contributed by atoms with van der Waals surface area (Å²) >= 11 is 0. The lowest BCUT2D eigenvalue weighted by molar-refractivity contribution is -0.119. The van der Waals surface area contributed by atoms with Gasteiger partial charge in [0.1, 0.15) is 17.5 Å². The van der Waals surface area contributed by atoms with Gasteiger partial charge in [-0.3, -0.25) is 10.1 Å². The number of aryl methyl sites for hydroxylation is 1. The summed E-state index contributed by atoms with van der Waals surface area (Å²) in [5.41, 5.74) is 1.47. The summed E-state index contributed by atoms with van der Waals surface area (Å²) in [5, 5.41) is 10.4. The molecule has 174 valence electrons. The minimum Gasteiger partial charge on any atom is -0.497 e. The molecule has 1 atom stereocenters. The van der Waals surface area contributed by atoms with Gasteiger partial charge >= 0.3 is 6.01 Å². The number of carbonyl (C=O) groups is 1. The minimum absolute atomic E-state index is 0.132. The Morgan fingerprint density at radius 1 is 1.12 bits per heavy atom. The molecule has 0 radical (unpaired) electrons. The third kappa shape index (κ3) is 4.55. The van der Waals surface area contributed by atoms with Crippen LogP contribution in [0.15, 0.2) is 51.8 Å². The number of carbonyl (C=O) groups excluding carboxylic acids is 1. The van der Waals surface area contributed by atoms with Crippen LogP contribution in [0.3, 0.4) is 0 Å². The molecule has 1 unspecified atom stereocenters. The van der Waals surface area contributed by atoms with E-state index >= 15 is 0 Å². The van der Waals surface area contributed by atoms with Gasteiger partial charge in [-0.1, -0.05) is 22.8 Å². The monoisotopic (exact) mass is 472 g/mol. The number of anilines is 1. The molecule has 10 nitrogen and oxygen atoms in total. The maximum absolute atomic E-state index is 13.1. The number of sulfonamides is 1. The Morgan fingerprint density at radius 3 is 2.58 bits per heavy atom. The molecule has 0 aliphatic carbocycles. The summed E-state index contributed by atoms with van der Waals surface area (Å²) in [6, 6.07) is 10.6. The fourth-order valence-corrected chi connectivity index (χ4v) is 5.34. The van der Waals surface area contributed by atoms with E-state index in [1.54, 1.807) is 49.6 Å². The molecule has 2 heterocycles. The number of aromatic nitrogens is 2. The molecule has 1 aromatic heterocycles. The molecule has 0 bridgehead atoms. The van der Waals surface area contributed by atoms with E-state index in [-0.39, 0.29) is 23.3 Å². The molecule has 1 saturated heterocycles. The van der Waals surface area contributed by atoms with Gasteiger partial charge in [-0.15, -0.1) is 5.10 Å². The molecule has 0 spiro atoms. The molecule has 3 aromatic rings. The Morgan fingerprint density at radius 2 is 1.88 bits per heavy atom. The van der Waals surface area contributed by atoms with Gasteiger partial charge in [0.15, 0.2) is 0 Å². The Balaban J connectivity index is 1.52. The number of hydrogen-bond donors (Lipinski definition) is 1. The molecule has 1 amide bonds. The predicted molar refractivity (Wildman–Crippen MR) is 120 cm³/mol. The van der Waals surface area contributed by atoms with Gasteiger partial charge in [0.2, 0.25) is 15.9 Å². The second-order valence-electron chi connectivity index (χ2n) is 7.55. The number of methoxy groups -OCH3 is 2. The average molecular weight is 473 g/mol. The highest BCUT2D eigenvalue weighted by Gasteiger charge is 2.40. The Labute approximate surface area is 191 Å². The number of nitrogens with zero attached hydrogens (tertiary/aromatic N) is 3. The first-order valence-corrected chi connectivity index (χ1v) is 11.7. The van der Waals surface area contributed by atoms with Crippen molar-refractivity contribution in [3.8, 4) is 23.0 Å². The van der Waals surface area contributed by atoms with Crippen LogP contribution in [-0.4, -0.2) is 55.6 Å². The largest absolute Gasteiger partial charge is 0.497 e. The summed E-state index contributed by atoms with van der Waals surface area (Å²) in [4.78, 5) is 13.1. The quantitative estimate of drug-likeness (QED) is 0.557. The van der Waals surface area contributed by atoms with Crippen LogP contribution in [0.1, 0.15) is 18.4 Å². The number of rotatable bonds is 7. The molecule has 1 fully saturated rings. The summed E-state index contributed by atoms with van der Waals surface area (Å²) in [6.07, 6.45) is 0.964. The molecule has 0 saturated carbocycles. The number of amides is 1. The molecule has 1 aliphatic rings. The van der Waals surface area contributed by atoms with Gasteiger partial charge in [-0.25, -0.2) is 8.42 Å². The third-order valence-corrected chi connectivity index (χ3v) is 7.35. The van der Waals surface area contributed by atoms with E-state index in [1.807, 2.05) is 6.92 Å². The van der Waals surface area contributed by atoms with Crippen LogP contribution in [-0.2, 0) is 14.8 Å². The highest BCUT2D eigenvalue weighted by Crippen LogP contribution is 2.33. The van der Waals surface area contributed by atoms with Crippen LogP contribution in [0.4, 0.5) is 6.01 Å². The van der Waals surface area contributed by atoms with Crippen molar-refractivity contribution in [1.82, 2.24) is 14.5 Å². The topological polar surface area (TPSA) is 124 Å². The van der Waals surface area contributed by atoms with Crippen molar-refractivity contribution >= 4 is 21.9 Å². The number of benzene rings is 2. The van der Waals surface area contributed by atoms with Crippen LogP contribution in [0, 0.1) is 6.92 Å². The van der Waals surface area contributed by atoms with Gasteiger partial charge in [-0.2, -0.15) is 4.31 Å². The van der Waals surface area contributed by atoms with Crippen molar-refractivity contribution in [2.45, 2.75) is 30.7 Å². The van der Waals surface area contributed by atoms with Crippen LogP contribution >= 0.6 is 0 Å².